The van der Waals surface area contributed by atoms with Crippen LogP contribution in [0.5, 0.6) is 0 Å². The van der Waals surface area contributed by atoms with Gasteiger partial charge in [0.1, 0.15) is 5.82 Å². The molecule has 0 aromatic carbocycles. The average Bonchev–Trinajstić information content (AvgIpc) is 2.55. The zero-order valence-corrected chi connectivity index (χ0v) is 14.1. The van der Waals surface area contributed by atoms with Crippen LogP contribution in [0.3, 0.4) is 0 Å². The Morgan fingerprint density at radius 1 is 1.09 bits per heavy atom. The first-order valence-electron chi connectivity index (χ1n) is 9.15. The molecule has 1 saturated heterocycles. The highest BCUT2D eigenvalue weighted by Gasteiger charge is 2.23. The lowest BCUT2D eigenvalue weighted by atomic mass is 9.96. The molecule has 2 fully saturated rings. The van der Waals surface area contributed by atoms with E-state index in [1.54, 1.807) is 0 Å². The summed E-state index contributed by atoms with van der Waals surface area (Å²) in [5, 5.41) is 3.59. The third-order valence-electron chi connectivity index (χ3n) is 5.17. The molecule has 2 heterocycles. The van der Waals surface area contributed by atoms with E-state index >= 15 is 0 Å². The lowest BCUT2D eigenvalue weighted by Gasteiger charge is -2.36. The summed E-state index contributed by atoms with van der Waals surface area (Å²) < 4.78 is 0. The van der Waals surface area contributed by atoms with Crippen molar-refractivity contribution < 1.29 is 0 Å². The SMILES string of the molecule is CCC1CCCCN1c1cc(C)nc(NC2CCCCC2)n1. The minimum atomic E-state index is 0.562. The Balaban J connectivity index is 1.76. The van der Waals surface area contributed by atoms with Crippen LogP contribution in [0.1, 0.15) is 70.4 Å². The molecule has 0 bridgehead atoms. The van der Waals surface area contributed by atoms with Crippen molar-refractivity contribution in [3.8, 4) is 0 Å². The molecule has 0 amide bonds. The summed E-state index contributed by atoms with van der Waals surface area (Å²) >= 11 is 0. The van der Waals surface area contributed by atoms with Crippen LogP contribution in [0, 0.1) is 6.92 Å². The lowest BCUT2D eigenvalue weighted by Crippen LogP contribution is -2.40. The van der Waals surface area contributed by atoms with E-state index < -0.39 is 0 Å². The summed E-state index contributed by atoms with van der Waals surface area (Å²) in [6.07, 6.45) is 11.7. The second-order valence-electron chi connectivity index (χ2n) is 6.92. The Morgan fingerprint density at radius 2 is 1.86 bits per heavy atom. The molecule has 1 aromatic rings. The largest absolute Gasteiger partial charge is 0.353 e. The standard InChI is InChI=1S/C18H30N4/c1-3-16-11-7-8-12-22(16)17-13-14(2)19-18(21-17)20-15-9-5-4-6-10-15/h13,15-16H,3-12H2,1-2H3,(H,19,20,21). The lowest BCUT2D eigenvalue weighted by molar-refractivity contribution is 0.445. The topological polar surface area (TPSA) is 41.1 Å². The quantitative estimate of drug-likeness (QED) is 0.900. The molecule has 3 rings (SSSR count). The van der Waals surface area contributed by atoms with Crippen LogP contribution in [0.4, 0.5) is 11.8 Å². The normalized spacial score (nSPS) is 23.5. The fourth-order valence-electron chi connectivity index (χ4n) is 3.92. The number of aromatic nitrogens is 2. The zero-order chi connectivity index (χ0) is 15.4. The highest BCUT2D eigenvalue weighted by atomic mass is 15.3. The first-order chi connectivity index (χ1) is 10.8. The van der Waals surface area contributed by atoms with Crippen molar-refractivity contribution in [2.24, 2.45) is 0 Å². The number of rotatable bonds is 4. The summed E-state index contributed by atoms with van der Waals surface area (Å²) in [4.78, 5) is 12.0. The van der Waals surface area contributed by atoms with Crippen molar-refractivity contribution in [1.29, 1.82) is 0 Å². The van der Waals surface area contributed by atoms with E-state index in [1.807, 2.05) is 0 Å². The number of anilines is 2. The maximum Gasteiger partial charge on any atom is 0.225 e. The monoisotopic (exact) mass is 302 g/mol. The van der Waals surface area contributed by atoms with Gasteiger partial charge in [0, 0.05) is 30.4 Å². The summed E-state index contributed by atoms with van der Waals surface area (Å²) in [5.41, 5.74) is 1.07. The predicted octanol–water partition coefficient (Wildman–Crippen LogP) is 4.30. The van der Waals surface area contributed by atoms with Gasteiger partial charge in [-0.05, 0) is 45.4 Å². The molecule has 1 unspecified atom stereocenters. The van der Waals surface area contributed by atoms with Crippen molar-refractivity contribution in [2.45, 2.75) is 83.7 Å². The van der Waals surface area contributed by atoms with Gasteiger partial charge in [0.05, 0.1) is 0 Å². The number of nitrogens with zero attached hydrogens (tertiary/aromatic N) is 3. The molecule has 1 aromatic heterocycles. The number of hydrogen-bond acceptors (Lipinski definition) is 4. The number of aryl methyl sites for hydroxylation is 1. The van der Waals surface area contributed by atoms with Gasteiger partial charge >= 0.3 is 0 Å². The molecule has 22 heavy (non-hydrogen) atoms. The highest BCUT2D eigenvalue weighted by molar-refractivity contribution is 5.46. The van der Waals surface area contributed by atoms with Gasteiger partial charge in [-0.1, -0.05) is 26.2 Å². The van der Waals surface area contributed by atoms with Gasteiger partial charge in [0.2, 0.25) is 5.95 Å². The van der Waals surface area contributed by atoms with E-state index in [1.165, 1.54) is 57.8 Å². The van der Waals surface area contributed by atoms with Crippen LogP contribution in [-0.4, -0.2) is 28.6 Å². The van der Waals surface area contributed by atoms with Crippen molar-refractivity contribution >= 4 is 11.8 Å². The van der Waals surface area contributed by atoms with Crippen LogP contribution in [0.25, 0.3) is 0 Å². The molecule has 0 radical (unpaired) electrons. The number of piperidine rings is 1. The molecule has 0 spiro atoms. The molecule has 1 atom stereocenters. The van der Waals surface area contributed by atoms with E-state index in [9.17, 15) is 0 Å². The van der Waals surface area contributed by atoms with E-state index in [2.05, 4.69) is 35.1 Å². The summed E-state index contributed by atoms with van der Waals surface area (Å²) in [6, 6.07) is 3.36. The molecular weight excluding hydrogens is 272 g/mol. The van der Waals surface area contributed by atoms with Gasteiger partial charge in [-0.25, -0.2) is 4.98 Å². The number of hydrogen-bond donors (Lipinski definition) is 1. The van der Waals surface area contributed by atoms with Crippen LogP contribution >= 0.6 is 0 Å². The van der Waals surface area contributed by atoms with Gasteiger partial charge in [0.25, 0.3) is 0 Å². The van der Waals surface area contributed by atoms with Gasteiger partial charge in [-0.15, -0.1) is 0 Å². The van der Waals surface area contributed by atoms with E-state index in [0.717, 1.165) is 24.0 Å². The first-order valence-corrected chi connectivity index (χ1v) is 9.15. The molecular formula is C18H30N4. The summed E-state index contributed by atoms with van der Waals surface area (Å²) in [7, 11) is 0. The third-order valence-corrected chi connectivity index (χ3v) is 5.17. The van der Waals surface area contributed by atoms with Crippen molar-refractivity contribution in [3.63, 3.8) is 0 Å². The highest BCUT2D eigenvalue weighted by Crippen LogP contribution is 2.27. The zero-order valence-electron chi connectivity index (χ0n) is 14.1. The Morgan fingerprint density at radius 3 is 2.64 bits per heavy atom. The average molecular weight is 302 g/mol. The molecule has 1 aliphatic carbocycles. The van der Waals surface area contributed by atoms with E-state index in [0.29, 0.717) is 12.1 Å². The fourth-order valence-corrected chi connectivity index (χ4v) is 3.92. The second-order valence-corrected chi connectivity index (χ2v) is 6.92. The Bertz CT molecular complexity index is 482. The van der Waals surface area contributed by atoms with E-state index in [4.69, 9.17) is 4.98 Å². The maximum absolute atomic E-state index is 4.85. The predicted molar refractivity (Wildman–Crippen MR) is 92.5 cm³/mol. The Kier molecular flexibility index (Phi) is 5.16. The number of nitrogens with one attached hydrogen (secondary N) is 1. The Hall–Kier alpha value is -1.32. The molecule has 1 saturated carbocycles. The minimum absolute atomic E-state index is 0.562. The molecule has 2 aliphatic rings. The molecule has 1 N–H and O–H groups in total. The van der Waals surface area contributed by atoms with Gasteiger partial charge in [-0.3, -0.25) is 0 Å². The van der Waals surface area contributed by atoms with Crippen LogP contribution in [0.2, 0.25) is 0 Å². The molecule has 4 heteroatoms. The van der Waals surface area contributed by atoms with Gasteiger partial charge in [-0.2, -0.15) is 4.98 Å². The first kappa shape index (κ1) is 15.6. The van der Waals surface area contributed by atoms with Crippen LogP contribution < -0.4 is 10.2 Å². The summed E-state index contributed by atoms with van der Waals surface area (Å²) in [5.74, 6) is 1.96. The second kappa shape index (κ2) is 7.30. The molecule has 4 nitrogen and oxygen atoms in total. The van der Waals surface area contributed by atoms with Crippen molar-refractivity contribution in [2.75, 3.05) is 16.8 Å². The van der Waals surface area contributed by atoms with Gasteiger partial charge < -0.3 is 10.2 Å². The molecule has 1 aliphatic heterocycles. The van der Waals surface area contributed by atoms with Gasteiger partial charge in [0.15, 0.2) is 0 Å². The minimum Gasteiger partial charge on any atom is -0.353 e. The summed E-state index contributed by atoms with van der Waals surface area (Å²) in [6.45, 7) is 5.51. The van der Waals surface area contributed by atoms with Crippen molar-refractivity contribution in [3.05, 3.63) is 11.8 Å². The van der Waals surface area contributed by atoms with Crippen LogP contribution in [-0.2, 0) is 0 Å². The van der Waals surface area contributed by atoms with E-state index in [-0.39, 0.29) is 0 Å². The molecule has 122 valence electrons. The van der Waals surface area contributed by atoms with Crippen molar-refractivity contribution in [1.82, 2.24) is 9.97 Å². The maximum atomic E-state index is 4.85. The third kappa shape index (κ3) is 3.71. The Labute approximate surface area is 134 Å². The van der Waals surface area contributed by atoms with Crippen LogP contribution in [0.15, 0.2) is 6.07 Å². The fraction of sp³-hybridized carbons (Fsp3) is 0.778. The smallest absolute Gasteiger partial charge is 0.225 e.